The fourth-order valence-corrected chi connectivity index (χ4v) is 15.1. The molecule has 10 aromatic rings. The van der Waals surface area contributed by atoms with Gasteiger partial charge in [-0.15, -0.1) is 0 Å². The van der Waals surface area contributed by atoms with Crippen LogP contribution in [0.25, 0.3) is 77.2 Å². The van der Waals surface area contributed by atoms with Gasteiger partial charge in [-0.3, -0.25) is 0 Å². The van der Waals surface area contributed by atoms with Gasteiger partial charge < -0.3 is 28.8 Å². The van der Waals surface area contributed by atoms with Gasteiger partial charge in [0, 0.05) is 50.2 Å². The molecule has 0 aliphatic carbocycles. The highest BCUT2D eigenvalue weighted by Crippen LogP contribution is 2.55. The molecule has 0 saturated heterocycles. The van der Waals surface area contributed by atoms with E-state index in [1.807, 2.05) is 38.1 Å². The van der Waals surface area contributed by atoms with E-state index in [1.165, 1.54) is 22.3 Å². The molecule has 0 amide bonds. The molecule has 0 fully saturated rings. The quantitative estimate of drug-likeness (QED) is 0.105. The Hall–Kier alpha value is -8.46. The minimum atomic E-state index is -0.517. The van der Waals surface area contributed by atoms with Crippen molar-refractivity contribution < 1.29 is 19.7 Å². The van der Waals surface area contributed by atoms with E-state index in [9.17, 15) is 20.7 Å². The molecule has 0 unspecified atom stereocenters. The standard InChI is InChI=1S/C87H104N4O4/c1-52-36-54(48-88)40-56(38-52)62-46-68(86(21,22)50-80(3,4)5)78(74(76(62)92)90-70-30-26-58(82(9,10)11)42-64(70)65-43-59(83(12,13)14)27-31-71(65)90)94-34-25-35-95-79-69(87(23,24)51-81(6,7)8)47-63(57-39-53(2)37-55(41-57)49-89)77(93)75(79)91-72-32-28-60(84(15,16)17)44-66(72)67-45-61(85(18,19)20)29-33-73(67)91/h26-33,36-47,92-93H,25,34-35,50-51H2,1-24H3. The SMILES string of the molecule is Cc1cc(C#N)cc(-c2cc(C(C)(C)CC(C)(C)C)c(OCCCOc3c(C(C)(C)CC(C)(C)C)cc(-c4cc(C)cc(C#N)c4)c(O)c3-n3c4ccc(C(C)(C)C)cc4c4cc(C(C)(C)C)ccc43)c(-n3c4ccc(C(C)(C)C)cc4c4cc(C(C)(C)C)ccc43)c2O)c1. The van der Waals surface area contributed by atoms with Crippen molar-refractivity contribution in [2.45, 2.75) is 218 Å². The third kappa shape index (κ3) is 13.9. The number of nitriles is 2. The summed E-state index contributed by atoms with van der Waals surface area (Å²) in [7, 11) is 0. The van der Waals surface area contributed by atoms with E-state index < -0.39 is 10.8 Å². The average Bonchev–Trinajstić information content (AvgIpc) is 1.63. The molecule has 0 atom stereocenters. The maximum absolute atomic E-state index is 13.6. The summed E-state index contributed by atoms with van der Waals surface area (Å²) in [6.45, 7) is 54.1. The van der Waals surface area contributed by atoms with Crippen LogP contribution in [0.4, 0.5) is 0 Å². The van der Waals surface area contributed by atoms with Gasteiger partial charge in [-0.2, -0.15) is 10.5 Å². The van der Waals surface area contributed by atoms with E-state index >= 15 is 0 Å². The van der Waals surface area contributed by atoms with Gasteiger partial charge in [-0.25, -0.2) is 0 Å². The van der Waals surface area contributed by atoms with Crippen LogP contribution < -0.4 is 9.47 Å². The van der Waals surface area contributed by atoms with Crippen molar-refractivity contribution in [3.05, 3.63) is 177 Å². The van der Waals surface area contributed by atoms with Crippen LogP contribution in [-0.4, -0.2) is 32.6 Å². The molecule has 8 nitrogen and oxygen atoms in total. The summed E-state index contributed by atoms with van der Waals surface area (Å²) in [5.74, 6) is 1.26. The zero-order chi connectivity index (χ0) is 69.8. The number of hydrogen-bond acceptors (Lipinski definition) is 6. The lowest BCUT2D eigenvalue weighted by Gasteiger charge is -2.36. The maximum Gasteiger partial charge on any atom is 0.151 e. The second kappa shape index (κ2) is 24.3. The lowest BCUT2D eigenvalue weighted by molar-refractivity contribution is 0.229. The van der Waals surface area contributed by atoms with Crippen LogP contribution in [-0.2, 0) is 32.5 Å². The first-order chi connectivity index (χ1) is 43.9. The summed E-state index contributed by atoms with van der Waals surface area (Å²) >= 11 is 0. The Kier molecular flexibility index (Phi) is 17.8. The molecule has 2 heterocycles. The number of ether oxygens (including phenoxy) is 2. The van der Waals surface area contributed by atoms with E-state index in [0.717, 1.165) is 89.8 Å². The summed E-state index contributed by atoms with van der Waals surface area (Å²) in [5.41, 5.74) is 15.3. The summed E-state index contributed by atoms with van der Waals surface area (Å²) < 4.78 is 19.5. The number of aryl methyl sites for hydroxylation is 2. The smallest absolute Gasteiger partial charge is 0.151 e. The van der Waals surface area contributed by atoms with Crippen LogP contribution in [0.5, 0.6) is 23.0 Å². The Morgan fingerprint density at radius 3 is 0.916 bits per heavy atom. The van der Waals surface area contributed by atoms with Gasteiger partial charge in [0.1, 0.15) is 11.4 Å². The highest BCUT2D eigenvalue weighted by molar-refractivity contribution is 6.12. The predicted octanol–water partition coefficient (Wildman–Crippen LogP) is 23.5. The number of fused-ring (bicyclic) bond motifs is 6. The molecule has 8 aromatic carbocycles. The van der Waals surface area contributed by atoms with Crippen LogP contribution in [0.3, 0.4) is 0 Å². The number of aromatic hydroxyl groups is 2. The number of rotatable bonds is 14. The van der Waals surface area contributed by atoms with Gasteiger partial charge in [-0.05, 0) is 199 Å². The topological polar surface area (TPSA) is 116 Å². The van der Waals surface area contributed by atoms with Crippen molar-refractivity contribution in [1.29, 1.82) is 10.5 Å². The lowest BCUT2D eigenvalue weighted by atomic mass is 9.71. The molecule has 0 saturated carbocycles. The lowest BCUT2D eigenvalue weighted by Crippen LogP contribution is -2.27. The first-order valence-corrected chi connectivity index (χ1v) is 34.2. The van der Waals surface area contributed by atoms with E-state index in [0.29, 0.717) is 51.5 Å². The normalized spacial score (nSPS) is 13.1. The third-order valence-electron chi connectivity index (χ3n) is 19.1. The molecule has 0 spiro atoms. The predicted molar refractivity (Wildman–Crippen MR) is 399 cm³/mol. The molecular formula is C87H104N4O4. The molecule has 2 N–H and O–H groups in total. The number of nitrogens with zero attached hydrogens (tertiary/aromatic N) is 4. The number of benzene rings is 8. The van der Waals surface area contributed by atoms with Gasteiger partial charge in [-0.1, -0.05) is 189 Å². The van der Waals surface area contributed by atoms with Crippen molar-refractivity contribution in [3.8, 4) is 68.8 Å². The average molecular weight is 1270 g/mol. The van der Waals surface area contributed by atoms with Crippen molar-refractivity contribution in [2.24, 2.45) is 10.8 Å². The third-order valence-corrected chi connectivity index (χ3v) is 19.1. The molecule has 0 bridgehead atoms. The zero-order valence-corrected chi connectivity index (χ0v) is 61.6. The highest BCUT2D eigenvalue weighted by atomic mass is 16.5. The highest BCUT2D eigenvalue weighted by Gasteiger charge is 2.38. The second-order valence-electron chi connectivity index (χ2n) is 35.3. The number of phenols is 2. The van der Waals surface area contributed by atoms with Crippen molar-refractivity contribution in [1.82, 2.24) is 9.13 Å². The Labute approximate surface area is 567 Å². The Morgan fingerprint density at radius 2 is 0.663 bits per heavy atom. The van der Waals surface area contributed by atoms with Crippen LogP contribution in [0.15, 0.2) is 121 Å². The molecule has 0 aliphatic rings. The van der Waals surface area contributed by atoms with Crippen LogP contribution in [0, 0.1) is 47.3 Å². The Morgan fingerprint density at radius 1 is 0.379 bits per heavy atom. The fourth-order valence-electron chi connectivity index (χ4n) is 15.1. The molecule has 0 radical (unpaired) electrons. The maximum atomic E-state index is 13.6. The van der Waals surface area contributed by atoms with E-state index in [2.05, 4.69) is 271 Å². The fraction of sp³-hybridized carbons (Fsp3) is 0.425. The van der Waals surface area contributed by atoms with Crippen LogP contribution >= 0.6 is 0 Å². The van der Waals surface area contributed by atoms with Crippen molar-refractivity contribution >= 4 is 43.6 Å². The van der Waals surface area contributed by atoms with Crippen molar-refractivity contribution in [2.75, 3.05) is 13.2 Å². The van der Waals surface area contributed by atoms with E-state index in [-0.39, 0.29) is 57.2 Å². The van der Waals surface area contributed by atoms with E-state index in [4.69, 9.17) is 9.47 Å². The van der Waals surface area contributed by atoms with Crippen LogP contribution in [0.2, 0.25) is 0 Å². The first-order valence-electron chi connectivity index (χ1n) is 34.2. The zero-order valence-electron chi connectivity index (χ0n) is 61.6. The molecule has 0 aliphatic heterocycles. The molecule has 2 aromatic heterocycles. The van der Waals surface area contributed by atoms with Gasteiger partial charge in [0.25, 0.3) is 0 Å². The van der Waals surface area contributed by atoms with Crippen LogP contribution in [0.1, 0.15) is 227 Å². The summed E-state index contributed by atoms with van der Waals surface area (Å²) in [6, 6.07) is 47.7. The first kappa shape index (κ1) is 69.4. The second-order valence-corrected chi connectivity index (χ2v) is 35.3. The van der Waals surface area contributed by atoms with Gasteiger partial charge in [0.15, 0.2) is 23.0 Å². The summed E-state index contributed by atoms with van der Waals surface area (Å²) in [5, 5.41) is 52.4. The summed E-state index contributed by atoms with van der Waals surface area (Å²) in [6.07, 6.45) is 1.99. The largest absolute Gasteiger partial charge is 0.505 e. The van der Waals surface area contributed by atoms with Gasteiger partial charge in [0.05, 0.1) is 58.5 Å². The van der Waals surface area contributed by atoms with Gasteiger partial charge in [0.2, 0.25) is 0 Å². The monoisotopic (exact) mass is 1270 g/mol. The molecule has 496 valence electrons. The van der Waals surface area contributed by atoms with Gasteiger partial charge >= 0.3 is 0 Å². The minimum absolute atomic E-state index is 0.0523. The number of hydrogen-bond donors (Lipinski definition) is 2. The Balaban J connectivity index is 1.22. The van der Waals surface area contributed by atoms with E-state index in [1.54, 1.807) is 0 Å². The molecule has 8 heteroatoms. The van der Waals surface area contributed by atoms with Crippen molar-refractivity contribution in [3.63, 3.8) is 0 Å². The summed E-state index contributed by atoms with van der Waals surface area (Å²) in [4.78, 5) is 0. The minimum Gasteiger partial charge on any atom is -0.505 e. The number of aromatic nitrogens is 2. The molecular weight excluding hydrogens is 1160 g/mol. The molecule has 10 rings (SSSR count). The molecule has 95 heavy (non-hydrogen) atoms. The Bertz CT molecular complexity index is 4310. The number of phenolic OH excluding ortho intramolecular Hbond substituents is 2.